The van der Waals surface area contributed by atoms with Crippen molar-refractivity contribution in [2.75, 3.05) is 6.54 Å². The van der Waals surface area contributed by atoms with Crippen LogP contribution in [0.1, 0.15) is 18.4 Å². The number of halogens is 4. The number of carboxylic acids is 1. The Kier molecular flexibility index (Phi) is 4.42. The Balaban J connectivity index is 2.52. The monoisotopic (exact) mass is 357 g/mol. The zero-order chi connectivity index (χ0) is 16.7. The second-order valence-electron chi connectivity index (χ2n) is 4.75. The number of carbonyl (C=O) groups is 1. The highest BCUT2D eigenvalue weighted by Gasteiger charge is 2.41. The lowest BCUT2D eigenvalue weighted by atomic mass is 10.2. The molecule has 0 radical (unpaired) electrons. The molecule has 1 saturated heterocycles. The quantitative estimate of drug-likeness (QED) is 0.902. The van der Waals surface area contributed by atoms with Crippen molar-refractivity contribution in [1.29, 1.82) is 0 Å². The highest BCUT2D eigenvalue weighted by Crippen LogP contribution is 2.36. The Morgan fingerprint density at radius 3 is 2.55 bits per heavy atom. The van der Waals surface area contributed by atoms with Gasteiger partial charge >= 0.3 is 12.1 Å². The molecule has 1 heterocycles. The Labute approximate surface area is 129 Å². The number of aliphatic carboxylic acids is 1. The fourth-order valence-corrected chi connectivity index (χ4v) is 4.43. The minimum Gasteiger partial charge on any atom is -0.480 e. The van der Waals surface area contributed by atoms with Crippen LogP contribution in [0.15, 0.2) is 23.1 Å². The van der Waals surface area contributed by atoms with Crippen molar-refractivity contribution < 1.29 is 31.5 Å². The number of alkyl halides is 3. The van der Waals surface area contributed by atoms with Gasteiger partial charge in [0.05, 0.1) is 10.6 Å². The van der Waals surface area contributed by atoms with E-state index in [1.807, 2.05) is 0 Å². The first-order valence-electron chi connectivity index (χ1n) is 6.16. The molecule has 1 unspecified atom stereocenters. The van der Waals surface area contributed by atoms with Gasteiger partial charge in [-0.25, -0.2) is 8.42 Å². The van der Waals surface area contributed by atoms with Crippen molar-refractivity contribution in [2.45, 2.75) is 30.0 Å². The minimum absolute atomic E-state index is 0.0775. The molecule has 10 heteroatoms. The topological polar surface area (TPSA) is 74.7 Å². The number of sulfonamides is 1. The van der Waals surface area contributed by atoms with E-state index in [2.05, 4.69) is 0 Å². The summed E-state index contributed by atoms with van der Waals surface area (Å²) in [5.41, 5.74) is -1.17. The van der Waals surface area contributed by atoms with Gasteiger partial charge in [0.2, 0.25) is 10.0 Å². The standard InChI is InChI=1S/C12H11ClF3NO4S/c13-8-4-3-7(12(14,15)16)6-10(8)22(20,21)17-5-1-2-9(17)11(18)19/h3-4,6,9H,1-2,5H2,(H,18,19). The van der Waals surface area contributed by atoms with Gasteiger partial charge in [0.15, 0.2) is 0 Å². The predicted molar refractivity (Wildman–Crippen MR) is 71.0 cm³/mol. The van der Waals surface area contributed by atoms with Gasteiger partial charge in [-0.3, -0.25) is 4.79 Å². The number of rotatable bonds is 3. The summed E-state index contributed by atoms with van der Waals surface area (Å²) >= 11 is 5.72. The summed E-state index contributed by atoms with van der Waals surface area (Å²) in [5, 5.41) is 8.64. The van der Waals surface area contributed by atoms with Crippen molar-refractivity contribution in [3.63, 3.8) is 0 Å². The molecule has 1 fully saturated rings. The summed E-state index contributed by atoms with van der Waals surface area (Å²) in [5.74, 6) is -1.34. The molecule has 1 atom stereocenters. The number of nitrogens with zero attached hydrogens (tertiary/aromatic N) is 1. The molecule has 0 saturated carbocycles. The van der Waals surface area contributed by atoms with Crippen molar-refractivity contribution in [3.8, 4) is 0 Å². The van der Waals surface area contributed by atoms with Crippen LogP contribution in [0.4, 0.5) is 13.2 Å². The molecule has 1 N–H and O–H groups in total. The average molecular weight is 358 g/mol. The van der Waals surface area contributed by atoms with Gasteiger partial charge in [0.25, 0.3) is 0 Å². The molecule has 1 aromatic rings. The van der Waals surface area contributed by atoms with Crippen LogP contribution in [0, 0.1) is 0 Å². The van der Waals surface area contributed by atoms with E-state index in [0.717, 1.165) is 6.07 Å². The average Bonchev–Trinajstić information content (AvgIpc) is 2.87. The van der Waals surface area contributed by atoms with Crippen LogP contribution in [0.3, 0.4) is 0 Å². The van der Waals surface area contributed by atoms with E-state index in [4.69, 9.17) is 16.7 Å². The molecule has 22 heavy (non-hydrogen) atoms. The van der Waals surface area contributed by atoms with Crippen LogP contribution in [0.5, 0.6) is 0 Å². The lowest BCUT2D eigenvalue weighted by molar-refractivity contribution is -0.141. The lowest BCUT2D eigenvalue weighted by Gasteiger charge is -2.22. The molecule has 0 aliphatic carbocycles. The Bertz CT molecular complexity index is 705. The fraction of sp³-hybridized carbons (Fsp3) is 0.417. The van der Waals surface area contributed by atoms with Gasteiger partial charge in [-0.2, -0.15) is 17.5 Å². The Morgan fingerprint density at radius 1 is 1.36 bits per heavy atom. The van der Waals surface area contributed by atoms with Gasteiger partial charge in [-0.15, -0.1) is 0 Å². The first kappa shape index (κ1) is 17.0. The normalized spacial score (nSPS) is 20.3. The number of benzene rings is 1. The van der Waals surface area contributed by atoms with E-state index in [0.29, 0.717) is 22.9 Å². The maximum atomic E-state index is 12.7. The van der Waals surface area contributed by atoms with Crippen LogP contribution in [0.25, 0.3) is 0 Å². The summed E-state index contributed by atoms with van der Waals surface area (Å²) in [6.07, 6.45) is -4.32. The van der Waals surface area contributed by atoms with Crippen LogP contribution in [-0.2, 0) is 21.0 Å². The lowest BCUT2D eigenvalue weighted by Crippen LogP contribution is -2.40. The predicted octanol–water partition coefficient (Wildman–Crippen LogP) is 2.60. The van der Waals surface area contributed by atoms with Crippen LogP contribution >= 0.6 is 11.6 Å². The Morgan fingerprint density at radius 2 is 2.00 bits per heavy atom. The third kappa shape index (κ3) is 3.06. The first-order valence-corrected chi connectivity index (χ1v) is 7.98. The second kappa shape index (κ2) is 5.71. The molecular weight excluding hydrogens is 347 g/mol. The molecule has 1 aliphatic rings. The molecule has 122 valence electrons. The van der Waals surface area contributed by atoms with E-state index in [9.17, 15) is 26.4 Å². The Hall–Kier alpha value is -1.32. The molecule has 0 spiro atoms. The first-order chi connectivity index (χ1) is 10.0. The highest BCUT2D eigenvalue weighted by molar-refractivity contribution is 7.89. The van der Waals surface area contributed by atoms with Crippen LogP contribution in [0.2, 0.25) is 5.02 Å². The third-order valence-corrected chi connectivity index (χ3v) is 5.72. The van der Waals surface area contributed by atoms with E-state index in [1.165, 1.54) is 0 Å². The SMILES string of the molecule is O=C(O)C1CCCN1S(=O)(=O)c1cc(C(F)(F)F)ccc1Cl. The minimum atomic E-state index is -4.73. The van der Waals surface area contributed by atoms with Crippen LogP contribution in [-0.4, -0.2) is 36.4 Å². The van der Waals surface area contributed by atoms with E-state index >= 15 is 0 Å². The van der Waals surface area contributed by atoms with Gasteiger partial charge in [-0.1, -0.05) is 11.6 Å². The van der Waals surface area contributed by atoms with Crippen molar-refractivity contribution >= 4 is 27.6 Å². The summed E-state index contributed by atoms with van der Waals surface area (Å²) in [6.45, 7) is -0.0775. The van der Waals surface area contributed by atoms with Crippen molar-refractivity contribution in [1.82, 2.24) is 4.31 Å². The van der Waals surface area contributed by atoms with E-state index in [1.54, 1.807) is 0 Å². The van der Waals surface area contributed by atoms with Gasteiger partial charge in [0.1, 0.15) is 10.9 Å². The van der Waals surface area contributed by atoms with Crippen LogP contribution < -0.4 is 0 Å². The van der Waals surface area contributed by atoms with Gasteiger partial charge in [0, 0.05) is 6.54 Å². The number of carboxylic acid groups (broad SMARTS) is 1. The third-order valence-electron chi connectivity index (χ3n) is 3.33. The van der Waals surface area contributed by atoms with Crippen molar-refractivity contribution in [3.05, 3.63) is 28.8 Å². The molecule has 2 rings (SSSR count). The molecular formula is C12H11ClF3NO4S. The molecule has 0 aromatic heterocycles. The smallest absolute Gasteiger partial charge is 0.416 e. The molecule has 0 bridgehead atoms. The van der Waals surface area contributed by atoms with E-state index in [-0.39, 0.29) is 18.0 Å². The van der Waals surface area contributed by atoms with E-state index < -0.39 is 38.7 Å². The summed E-state index contributed by atoms with van der Waals surface area (Å²) in [4.78, 5) is 10.3. The van der Waals surface area contributed by atoms with Gasteiger partial charge in [-0.05, 0) is 31.0 Å². The fourth-order valence-electron chi connectivity index (χ4n) is 2.28. The summed E-state index contributed by atoms with van der Waals surface area (Å²) in [7, 11) is -4.43. The highest BCUT2D eigenvalue weighted by atomic mass is 35.5. The largest absolute Gasteiger partial charge is 0.480 e. The molecule has 1 aromatic carbocycles. The molecule has 1 aliphatic heterocycles. The maximum absolute atomic E-state index is 12.7. The van der Waals surface area contributed by atoms with Crippen molar-refractivity contribution in [2.24, 2.45) is 0 Å². The molecule has 5 nitrogen and oxygen atoms in total. The molecule has 0 amide bonds. The number of hydrogen-bond donors (Lipinski definition) is 1. The zero-order valence-corrected chi connectivity index (χ0v) is 12.5. The van der Waals surface area contributed by atoms with Gasteiger partial charge < -0.3 is 5.11 Å². The summed E-state index contributed by atoms with van der Waals surface area (Å²) in [6, 6.07) is 0.633. The second-order valence-corrected chi connectivity index (χ2v) is 7.02. The zero-order valence-electron chi connectivity index (χ0n) is 11.0. The maximum Gasteiger partial charge on any atom is 0.416 e. The number of hydrogen-bond acceptors (Lipinski definition) is 3. The summed E-state index contributed by atoms with van der Waals surface area (Å²) < 4.78 is 63.8.